The topological polar surface area (TPSA) is 0 Å². The van der Waals surface area contributed by atoms with Crippen LogP contribution in [0.1, 0.15) is 11.1 Å². The van der Waals surface area contributed by atoms with Gasteiger partial charge in [0.15, 0.2) is 0 Å². The number of fused-ring (bicyclic) bond motifs is 1. The third-order valence-corrected chi connectivity index (χ3v) is 7.44. The highest BCUT2D eigenvalue weighted by Crippen LogP contribution is 2.46. The van der Waals surface area contributed by atoms with Crippen molar-refractivity contribution < 1.29 is 0 Å². The number of hydrogen-bond donors (Lipinski definition) is 0. The Morgan fingerprint density at radius 3 is 2.00 bits per heavy atom. The number of rotatable bonds is 0. The molecule has 0 bridgehead atoms. The molecule has 0 fully saturated rings. The van der Waals surface area contributed by atoms with Crippen molar-refractivity contribution in [3.63, 3.8) is 0 Å². The Morgan fingerprint density at radius 1 is 0.786 bits per heavy atom. The molecule has 0 amide bonds. The fraction of sp³-hybridized carbons (Fsp3) is 0.111. The molecular formula is C9H3Br5. The minimum Gasteiger partial charge on any atom is -0.0553 e. The van der Waals surface area contributed by atoms with E-state index >= 15 is 0 Å². The number of halogens is 5. The Balaban J connectivity index is 2.78. The molecule has 1 aliphatic rings. The normalized spacial score (nSPS) is 14.2. The number of allylic oxidation sites excluding steroid dienone is 1. The lowest BCUT2D eigenvalue weighted by Crippen LogP contribution is -1.89. The zero-order valence-electron chi connectivity index (χ0n) is 6.67. The van der Waals surface area contributed by atoms with Gasteiger partial charge in [-0.2, -0.15) is 0 Å². The van der Waals surface area contributed by atoms with Crippen LogP contribution in [0.15, 0.2) is 22.4 Å². The first-order valence-corrected chi connectivity index (χ1v) is 7.69. The van der Waals surface area contributed by atoms with Crippen LogP contribution in [0.25, 0.3) is 6.08 Å². The molecule has 1 aromatic rings. The summed E-state index contributed by atoms with van der Waals surface area (Å²) in [6.45, 7) is 0. The molecule has 0 atom stereocenters. The average molecular weight is 511 g/mol. The molecule has 2 rings (SSSR count). The Hall–Kier alpha value is 1.36. The number of hydrogen-bond acceptors (Lipinski definition) is 0. The molecule has 0 heterocycles. The summed E-state index contributed by atoms with van der Waals surface area (Å²) in [5, 5.41) is 0. The lowest BCUT2D eigenvalue weighted by atomic mass is 10.1. The molecule has 0 saturated carbocycles. The Labute approximate surface area is 124 Å². The fourth-order valence-corrected chi connectivity index (χ4v) is 4.39. The van der Waals surface area contributed by atoms with Gasteiger partial charge in [0.1, 0.15) is 0 Å². The van der Waals surface area contributed by atoms with E-state index in [1.165, 1.54) is 15.6 Å². The van der Waals surface area contributed by atoms with Crippen molar-refractivity contribution in [3.8, 4) is 0 Å². The van der Waals surface area contributed by atoms with Gasteiger partial charge in [0, 0.05) is 28.8 Å². The summed E-state index contributed by atoms with van der Waals surface area (Å²) < 4.78 is 5.52. The van der Waals surface area contributed by atoms with E-state index in [1.54, 1.807) is 0 Å². The Kier molecular flexibility index (Phi) is 3.65. The van der Waals surface area contributed by atoms with E-state index in [4.69, 9.17) is 0 Å². The molecule has 1 aliphatic carbocycles. The van der Waals surface area contributed by atoms with Gasteiger partial charge >= 0.3 is 0 Å². The highest BCUT2D eigenvalue weighted by atomic mass is 79.9. The van der Waals surface area contributed by atoms with Gasteiger partial charge in [-0.1, -0.05) is 15.9 Å². The summed E-state index contributed by atoms with van der Waals surface area (Å²) in [5.74, 6) is 0. The van der Waals surface area contributed by atoms with Crippen LogP contribution >= 0.6 is 79.6 Å². The van der Waals surface area contributed by atoms with Gasteiger partial charge < -0.3 is 0 Å². The van der Waals surface area contributed by atoms with Crippen LogP contribution in [0.2, 0.25) is 0 Å². The van der Waals surface area contributed by atoms with Gasteiger partial charge in [-0.05, 0) is 80.9 Å². The van der Waals surface area contributed by atoms with E-state index in [0.29, 0.717) is 0 Å². The van der Waals surface area contributed by atoms with Crippen LogP contribution in [0.4, 0.5) is 0 Å². The van der Waals surface area contributed by atoms with E-state index in [0.717, 1.165) is 24.3 Å². The van der Waals surface area contributed by atoms with Crippen LogP contribution in [0, 0.1) is 0 Å². The van der Waals surface area contributed by atoms with Gasteiger partial charge in [-0.3, -0.25) is 0 Å². The highest BCUT2D eigenvalue weighted by molar-refractivity contribution is 9.15. The first-order chi connectivity index (χ1) is 6.52. The summed E-state index contributed by atoms with van der Waals surface area (Å²) in [4.78, 5) is 0. The number of benzene rings is 1. The van der Waals surface area contributed by atoms with Crippen LogP contribution in [0.5, 0.6) is 0 Å². The summed E-state index contributed by atoms with van der Waals surface area (Å²) >= 11 is 17.8. The Bertz CT molecular complexity index is 447. The molecule has 1 aromatic carbocycles. The molecule has 0 aliphatic heterocycles. The maximum absolute atomic E-state index is 3.59. The van der Waals surface area contributed by atoms with Crippen molar-refractivity contribution in [2.75, 3.05) is 0 Å². The summed E-state index contributed by atoms with van der Waals surface area (Å²) in [7, 11) is 0. The van der Waals surface area contributed by atoms with Crippen LogP contribution in [0.3, 0.4) is 0 Å². The molecule has 14 heavy (non-hydrogen) atoms. The van der Waals surface area contributed by atoms with Crippen molar-refractivity contribution >= 4 is 85.7 Å². The minimum absolute atomic E-state index is 0.945. The van der Waals surface area contributed by atoms with Gasteiger partial charge in [-0.15, -0.1) is 0 Å². The van der Waals surface area contributed by atoms with Crippen molar-refractivity contribution in [3.05, 3.63) is 33.5 Å². The smallest absolute Gasteiger partial charge is 0.0477 e. The van der Waals surface area contributed by atoms with Crippen LogP contribution in [-0.4, -0.2) is 0 Å². The fourth-order valence-electron chi connectivity index (χ4n) is 1.39. The molecule has 0 nitrogen and oxygen atoms in total. The lowest BCUT2D eigenvalue weighted by molar-refractivity contribution is 1.25. The van der Waals surface area contributed by atoms with E-state index in [9.17, 15) is 0 Å². The van der Waals surface area contributed by atoms with E-state index < -0.39 is 0 Å². The SMILES string of the molecule is BrC1=Cc2c(Br)c(Br)c(Br)c(Br)c2C1. The van der Waals surface area contributed by atoms with E-state index in [1.807, 2.05) is 0 Å². The van der Waals surface area contributed by atoms with Crippen molar-refractivity contribution in [2.45, 2.75) is 6.42 Å². The van der Waals surface area contributed by atoms with Gasteiger partial charge in [0.25, 0.3) is 0 Å². The molecule has 0 aromatic heterocycles. The maximum Gasteiger partial charge on any atom is 0.0477 e. The molecular weight excluding hydrogens is 508 g/mol. The first-order valence-electron chi connectivity index (χ1n) is 3.73. The molecule has 0 saturated heterocycles. The molecule has 0 unspecified atom stereocenters. The Morgan fingerprint density at radius 2 is 1.36 bits per heavy atom. The first kappa shape index (κ1) is 11.8. The van der Waals surface area contributed by atoms with Crippen molar-refractivity contribution in [1.29, 1.82) is 0 Å². The standard InChI is InChI=1S/C9H3Br5/c10-3-1-4-5(2-3)7(12)9(14)8(13)6(4)11/h1H,2H2. The van der Waals surface area contributed by atoms with Gasteiger partial charge in [-0.25, -0.2) is 0 Å². The monoisotopic (exact) mass is 506 g/mol. The molecule has 74 valence electrons. The third kappa shape index (κ3) is 1.83. The second-order valence-electron chi connectivity index (χ2n) is 2.92. The molecule has 5 heteroatoms. The second kappa shape index (κ2) is 4.32. The van der Waals surface area contributed by atoms with Gasteiger partial charge in [0.2, 0.25) is 0 Å². The predicted octanol–water partition coefficient (Wildman–Crippen LogP) is 6.03. The van der Waals surface area contributed by atoms with Gasteiger partial charge in [0.05, 0.1) is 0 Å². The second-order valence-corrected chi connectivity index (χ2v) is 7.11. The quantitative estimate of drug-likeness (QED) is 0.295. The zero-order chi connectivity index (χ0) is 10.5. The molecule has 0 spiro atoms. The summed E-state index contributed by atoms with van der Waals surface area (Å²) in [6.07, 6.45) is 3.09. The van der Waals surface area contributed by atoms with E-state index in [-0.39, 0.29) is 0 Å². The predicted molar refractivity (Wildman–Crippen MR) is 77.8 cm³/mol. The minimum atomic E-state index is 0.945. The average Bonchev–Trinajstić information content (AvgIpc) is 2.54. The largest absolute Gasteiger partial charge is 0.0553 e. The summed E-state index contributed by atoms with van der Waals surface area (Å²) in [5.41, 5.74) is 2.54. The maximum atomic E-state index is 3.59. The van der Waals surface area contributed by atoms with Crippen LogP contribution in [-0.2, 0) is 6.42 Å². The summed E-state index contributed by atoms with van der Waals surface area (Å²) in [6, 6.07) is 0. The third-order valence-electron chi connectivity index (χ3n) is 2.05. The van der Waals surface area contributed by atoms with Crippen molar-refractivity contribution in [1.82, 2.24) is 0 Å². The van der Waals surface area contributed by atoms with Crippen molar-refractivity contribution in [2.24, 2.45) is 0 Å². The molecule has 0 N–H and O–H groups in total. The highest BCUT2D eigenvalue weighted by Gasteiger charge is 2.21. The van der Waals surface area contributed by atoms with E-state index in [2.05, 4.69) is 85.7 Å². The molecule has 0 radical (unpaired) electrons. The zero-order valence-corrected chi connectivity index (χ0v) is 14.6. The lowest BCUT2D eigenvalue weighted by Gasteiger charge is -2.10. The van der Waals surface area contributed by atoms with Crippen LogP contribution < -0.4 is 0 Å².